The Bertz CT molecular complexity index is 672. The Morgan fingerprint density at radius 2 is 2.11 bits per heavy atom. The molecule has 0 saturated heterocycles. The molecule has 1 N–H and O–H groups in total. The highest BCUT2D eigenvalue weighted by Crippen LogP contribution is 2.16. The van der Waals surface area contributed by atoms with Gasteiger partial charge in [-0.15, -0.1) is 0 Å². The summed E-state index contributed by atoms with van der Waals surface area (Å²) >= 11 is 0. The zero-order valence-corrected chi connectivity index (χ0v) is 10.9. The molecule has 0 bridgehead atoms. The topological polar surface area (TPSA) is 97.8 Å². The van der Waals surface area contributed by atoms with Crippen LogP contribution in [0.3, 0.4) is 0 Å². The number of fused-ring (bicyclic) bond motifs is 1. The third kappa shape index (κ3) is 2.93. The van der Waals surface area contributed by atoms with Gasteiger partial charge < -0.3 is 9.72 Å². The van der Waals surface area contributed by atoms with Crippen LogP contribution in [0.4, 0.5) is 0 Å². The number of H-pyrrole nitrogens is 1. The number of rotatable bonds is 2. The molecule has 0 fully saturated rings. The van der Waals surface area contributed by atoms with Crippen molar-refractivity contribution in [2.45, 2.75) is 27.4 Å². The van der Waals surface area contributed by atoms with Gasteiger partial charge >= 0.3 is 5.97 Å². The molecule has 19 heavy (non-hydrogen) atoms. The Hall–Kier alpha value is -2.31. The molecule has 0 aliphatic rings. The van der Waals surface area contributed by atoms with Crippen molar-refractivity contribution in [1.29, 1.82) is 0 Å². The van der Waals surface area contributed by atoms with Gasteiger partial charge in [0.2, 0.25) is 0 Å². The maximum Gasteiger partial charge on any atom is 0.311 e. The highest BCUT2D eigenvalue weighted by Gasteiger charge is 2.23. The average molecular weight is 262 g/mol. The van der Waals surface area contributed by atoms with Crippen LogP contribution in [0.25, 0.3) is 11.2 Å². The zero-order valence-electron chi connectivity index (χ0n) is 10.9. The van der Waals surface area contributed by atoms with Crippen molar-refractivity contribution in [3.05, 3.63) is 28.6 Å². The van der Waals surface area contributed by atoms with E-state index in [-0.39, 0.29) is 29.3 Å². The van der Waals surface area contributed by atoms with Crippen LogP contribution in [0.15, 0.2) is 17.3 Å². The molecule has 7 nitrogen and oxygen atoms in total. The molecule has 0 atom stereocenters. The van der Waals surface area contributed by atoms with Crippen LogP contribution in [0.1, 0.15) is 26.5 Å². The summed E-state index contributed by atoms with van der Waals surface area (Å²) in [4.78, 5) is 37.5. The van der Waals surface area contributed by atoms with Gasteiger partial charge in [-0.05, 0) is 20.8 Å². The minimum atomic E-state index is -0.580. The molecule has 0 aliphatic heterocycles. The van der Waals surface area contributed by atoms with Crippen molar-refractivity contribution in [1.82, 2.24) is 19.9 Å². The van der Waals surface area contributed by atoms with Gasteiger partial charge in [0.25, 0.3) is 5.56 Å². The Labute approximate surface area is 109 Å². The molecule has 100 valence electrons. The van der Waals surface area contributed by atoms with E-state index in [1.807, 2.05) is 0 Å². The molecule has 0 radical (unpaired) electrons. The lowest BCUT2D eigenvalue weighted by Crippen LogP contribution is -2.23. The molecule has 0 aromatic carbocycles. The zero-order chi connectivity index (χ0) is 14.0. The Kier molecular flexibility index (Phi) is 3.28. The van der Waals surface area contributed by atoms with E-state index in [4.69, 9.17) is 4.74 Å². The van der Waals surface area contributed by atoms with E-state index >= 15 is 0 Å². The first-order valence-corrected chi connectivity index (χ1v) is 5.74. The summed E-state index contributed by atoms with van der Waals surface area (Å²) in [7, 11) is 0. The van der Waals surface area contributed by atoms with Crippen molar-refractivity contribution >= 4 is 17.1 Å². The maximum atomic E-state index is 11.6. The number of aromatic amines is 1. The molecule has 0 aliphatic carbocycles. The summed E-state index contributed by atoms with van der Waals surface area (Å²) in [5.74, 6) is -0.338. The normalized spacial score (nSPS) is 11.5. The van der Waals surface area contributed by atoms with Crippen molar-refractivity contribution in [2.75, 3.05) is 0 Å². The predicted molar refractivity (Wildman–Crippen MR) is 67.2 cm³/mol. The first-order valence-electron chi connectivity index (χ1n) is 5.74. The average Bonchev–Trinajstić information content (AvgIpc) is 2.35. The van der Waals surface area contributed by atoms with Gasteiger partial charge in [0.1, 0.15) is 6.61 Å². The largest absolute Gasteiger partial charge is 0.459 e. The number of hydrogen-bond acceptors (Lipinski definition) is 6. The molecule has 2 rings (SSSR count). The molecule has 2 aromatic heterocycles. The number of hydrogen-bond donors (Lipinski definition) is 1. The number of carbonyl (C=O) groups is 1. The first-order chi connectivity index (χ1) is 8.88. The third-order valence-corrected chi connectivity index (χ3v) is 2.36. The molecule has 0 amide bonds. The smallest absolute Gasteiger partial charge is 0.311 e. The first kappa shape index (κ1) is 13.1. The van der Waals surface area contributed by atoms with Gasteiger partial charge in [-0.3, -0.25) is 9.59 Å². The van der Waals surface area contributed by atoms with E-state index in [2.05, 4.69) is 19.9 Å². The summed E-state index contributed by atoms with van der Waals surface area (Å²) in [6, 6.07) is 0. The van der Waals surface area contributed by atoms with Gasteiger partial charge in [0.15, 0.2) is 11.2 Å². The number of nitrogens with zero attached hydrogens (tertiary/aromatic N) is 3. The lowest BCUT2D eigenvalue weighted by atomic mass is 9.97. The summed E-state index contributed by atoms with van der Waals surface area (Å²) in [5, 5.41) is 0. The fraction of sp³-hybridized carbons (Fsp3) is 0.417. The maximum absolute atomic E-state index is 11.6. The quantitative estimate of drug-likeness (QED) is 0.804. The van der Waals surface area contributed by atoms with Crippen molar-refractivity contribution in [3.8, 4) is 0 Å². The molecular formula is C12H14N4O3. The van der Waals surface area contributed by atoms with Crippen molar-refractivity contribution in [3.63, 3.8) is 0 Å². The number of carbonyl (C=O) groups excluding carboxylic acids is 1. The molecular weight excluding hydrogens is 248 g/mol. The van der Waals surface area contributed by atoms with Crippen LogP contribution in [-0.4, -0.2) is 25.9 Å². The van der Waals surface area contributed by atoms with Crippen molar-refractivity contribution in [2.24, 2.45) is 5.41 Å². The van der Waals surface area contributed by atoms with Crippen LogP contribution >= 0.6 is 0 Å². The second kappa shape index (κ2) is 4.75. The van der Waals surface area contributed by atoms with Crippen molar-refractivity contribution < 1.29 is 9.53 Å². The summed E-state index contributed by atoms with van der Waals surface area (Å²) < 4.78 is 5.11. The molecule has 0 unspecified atom stereocenters. The van der Waals surface area contributed by atoms with E-state index in [9.17, 15) is 9.59 Å². The fourth-order valence-corrected chi connectivity index (χ4v) is 1.31. The number of nitrogens with one attached hydrogen (secondary N) is 1. The van der Waals surface area contributed by atoms with Gasteiger partial charge in [-0.1, -0.05) is 0 Å². The number of aromatic nitrogens is 4. The summed E-state index contributed by atoms with van der Waals surface area (Å²) in [5.41, 5.74) is -0.157. The third-order valence-electron chi connectivity index (χ3n) is 2.36. The van der Waals surface area contributed by atoms with Crippen LogP contribution in [0.2, 0.25) is 0 Å². The van der Waals surface area contributed by atoms with Crippen LogP contribution in [-0.2, 0) is 16.1 Å². The van der Waals surface area contributed by atoms with Crippen LogP contribution in [0.5, 0.6) is 0 Å². The summed E-state index contributed by atoms with van der Waals surface area (Å²) in [6.45, 7) is 5.26. The SMILES string of the molecule is CC(C)(C)C(=O)OCc1cnc2nc[nH]c(=O)c2n1. The van der Waals surface area contributed by atoms with Gasteiger partial charge in [-0.2, -0.15) is 0 Å². The fourth-order valence-electron chi connectivity index (χ4n) is 1.31. The van der Waals surface area contributed by atoms with Gasteiger partial charge in [0, 0.05) is 0 Å². The van der Waals surface area contributed by atoms with E-state index < -0.39 is 5.41 Å². The van der Waals surface area contributed by atoms with Gasteiger partial charge in [0.05, 0.1) is 23.6 Å². The van der Waals surface area contributed by atoms with E-state index in [0.29, 0.717) is 5.69 Å². The van der Waals surface area contributed by atoms with Crippen LogP contribution < -0.4 is 5.56 Å². The molecule has 7 heteroatoms. The minimum Gasteiger partial charge on any atom is -0.459 e. The van der Waals surface area contributed by atoms with E-state index in [1.165, 1.54) is 12.5 Å². The van der Waals surface area contributed by atoms with E-state index in [1.54, 1.807) is 20.8 Å². The summed E-state index contributed by atoms with van der Waals surface area (Å²) in [6.07, 6.45) is 2.70. The molecule has 0 spiro atoms. The lowest BCUT2D eigenvalue weighted by Gasteiger charge is -2.16. The Balaban J connectivity index is 2.21. The minimum absolute atomic E-state index is 0.0205. The molecule has 2 heterocycles. The number of ether oxygens (including phenoxy) is 1. The van der Waals surface area contributed by atoms with E-state index in [0.717, 1.165) is 0 Å². The second-order valence-corrected chi connectivity index (χ2v) is 5.09. The second-order valence-electron chi connectivity index (χ2n) is 5.09. The lowest BCUT2D eigenvalue weighted by molar-refractivity contribution is -0.154. The highest BCUT2D eigenvalue weighted by atomic mass is 16.5. The monoisotopic (exact) mass is 262 g/mol. The standard InChI is InChI=1S/C12H14N4O3/c1-12(2,3)11(18)19-5-7-4-13-9-8(16-7)10(17)15-6-14-9/h4,6H,5H2,1-3H3,(H,13,14,15,17). The molecule has 2 aromatic rings. The Morgan fingerprint density at radius 1 is 1.37 bits per heavy atom. The number of esters is 1. The van der Waals surface area contributed by atoms with Crippen LogP contribution in [0, 0.1) is 5.41 Å². The Morgan fingerprint density at radius 3 is 2.79 bits per heavy atom. The highest BCUT2D eigenvalue weighted by molar-refractivity contribution is 5.75. The van der Waals surface area contributed by atoms with Gasteiger partial charge in [-0.25, -0.2) is 15.0 Å². The molecule has 0 saturated carbocycles. The predicted octanol–water partition coefficient (Wildman–Crippen LogP) is 0.802.